The van der Waals surface area contributed by atoms with Gasteiger partial charge in [0.2, 0.25) is 5.88 Å². The zero-order valence-electron chi connectivity index (χ0n) is 13.3. The summed E-state index contributed by atoms with van der Waals surface area (Å²) in [6.07, 6.45) is 1.77. The van der Waals surface area contributed by atoms with Crippen molar-refractivity contribution >= 4 is 16.5 Å². The number of hydrogen-bond donors (Lipinski definition) is 1. The first-order chi connectivity index (χ1) is 10.6. The largest absolute Gasteiger partial charge is 0.481 e. The molecule has 0 spiro atoms. The molecule has 0 radical (unpaired) electrons. The number of ether oxygens (including phenoxy) is 1. The molecule has 0 saturated heterocycles. The van der Waals surface area contributed by atoms with Gasteiger partial charge in [0, 0.05) is 47.5 Å². The molecule has 0 aliphatic heterocycles. The van der Waals surface area contributed by atoms with Crippen LogP contribution in [0.25, 0.3) is 10.8 Å². The van der Waals surface area contributed by atoms with Gasteiger partial charge in [-0.1, -0.05) is 6.07 Å². The van der Waals surface area contributed by atoms with Gasteiger partial charge >= 0.3 is 0 Å². The van der Waals surface area contributed by atoms with Crippen LogP contribution in [0.15, 0.2) is 30.5 Å². The van der Waals surface area contributed by atoms with Crippen molar-refractivity contribution in [2.75, 3.05) is 12.4 Å². The van der Waals surface area contributed by atoms with Crippen LogP contribution in [0.5, 0.6) is 5.88 Å². The monoisotopic (exact) mass is 296 g/mol. The fourth-order valence-corrected chi connectivity index (χ4v) is 2.75. The van der Waals surface area contributed by atoms with Gasteiger partial charge in [0.25, 0.3) is 0 Å². The maximum Gasteiger partial charge on any atom is 0.221 e. The Hall–Kier alpha value is -2.56. The Bertz CT molecular complexity index is 823. The highest BCUT2D eigenvalue weighted by Gasteiger charge is 2.10. The van der Waals surface area contributed by atoms with Crippen LogP contribution in [-0.4, -0.2) is 21.9 Å². The molecule has 0 fully saturated rings. The molecule has 0 atom stereocenters. The highest BCUT2D eigenvalue weighted by atomic mass is 16.5. The Kier molecular flexibility index (Phi) is 3.71. The lowest BCUT2D eigenvalue weighted by molar-refractivity contribution is 0.403. The summed E-state index contributed by atoms with van der Waals surface area (Å²) in [5.41, 5.74) is 4.55. The molecule has 1 aromatic carbocycles. The number of anilines is 1. The summed E-state index contributed by atoms with van der Waals surface area (Å²) >= 11 is 0. The number of hydrogen-bond acceptors (Lipinski definition) is 4. The molecule has 5 nitrogen and oxygen atoms in total. The van der Waals surface area contributed by atoms with E-state index < -0.39 is 0 Å². The first-order valence-corrected chi connectivity index (χ1v) is 7.26. The molecule has 0 saturated carbocycles. The molecule has 5 heteroatoms. The number of pyridine rings is 1. The van der Waals surface area contributed by atoms with Gasteiger partial charge < -0.3 is 10.1 Å². The van der Waals surface area contributed by atoms with Crippen molar-refractivity contribution in [3.8, 4) is 5.88 Å². The van der Waals surface area contributed by atoms with Crippen molar-refractivity contribution in [3.05, 3.63) is 47.4 Å². The number of aryl methyl sites for hydroxylation is 2. The zero-order valence-corrected chi connectivity index (χ0v) is 13.3. The molecule has 22 heavy (non-hydrogen) atoms. The fourth-order valence-electron chi connectivity index (χ4n) is 2.75. The van der Waals surface area contributed by atoms with Crippen LogP contribution in [0, 0.1) is 13.8 Å². The molecule has 0 bridgehead atoms. The number of aromatic nitrogens is 3. The molecular weight excluding hydrogens is 276 g/mol. The summed E-state index contributed by atoms with van der Waals surface area (Å²) in [5.74, 6) is 0.648. The van der Waals surface area contributed by atoms with Crippen molar-refractivity contribution in [3.63, 3.8) is 0 Å². The topological polar surface area (TPSA) is 52.0 Å². The first-order valence-electron chi connectivity index (χ1n) is 7.26. The number of nitrogens with zero attached hydrogens (tertiary/aromatic N) is 3. The molecule has 3 rings (SSSR count). The number of nitrogens with one attached hydrogen (secondary N) is 1. The van der Waals surface area contributed by atoms with E-state index in [1.54, 1.807) is 13.3 Å². The lowest BCUT2D eigenvalue weighted by Crippen LogP contribution is -2.03. The first kappa shape index (κ1) is 14.4. The van der Waals surface area contributed by atoms with Crippen LogP contribution >= 0.6 is 0 Å². The van der Waals surface area contributed by atoms with E-state index in [-0.39, 0.29) is 0 Å². The predicted octanol–water partition coefficient (Wildman–Crippen LogP) is 3.21. The van der Waals surface area contributed by atoms with Crippen LogP contribution in [-0.2, 0) is 13.6 Å². The Morgan fingerprint density at radius 2 is 2.00 bits per heavy atom. The van der Waals surface area contributed by atoms with E-state index in [2.05, 4.69) is 28.4 Å². The summed E-state index contributed by atoms with van der Waals surface area (Å²) in [6, 6.07) is 8.11. The summed E-state index contributed by atoms with van der Waals surface area (Å²) in [4.78, 5) is 4.25. The number of fused-ring (bicyclic) bond motifs is 1. The Labute approximate surface area is 129 Å². The molecule has 2 heterocycles. The third-order valence-electron chi connectivity index (χ3n) is 4.08. The minimum atomic E-state index is 0.648. The number of methoxy groups -OCH3 is 1. The van der Waals surface area contributed by atoms with Crippen LogP contribution in [0.4, 0.5) is 5.69 Å². The van der Waals surface area contributed by atoms with E-state index in [4.69, 9.17) is 4.74 Å². The second kappa shape index (κ2) is 5.67. The fraction of sp³-hybridized carbons (Fsp3) is 0.294. The normalized spacial score (nSPS) is 10.9. The minimum Gasteiger partial charge on any atom is -0.481 e. The molecule has 1 N–H and O–H groups in total. The molecule has 3 aromatic rings. The third kappa shape index (κ3) is 2.39. The molecule has 2 aromatic heterocycles. The molecule has 0 aliphatic carbocycles. The summed E-state index contributed by atoms with van der Waals surface area (Å²) < 4.78 is 7.25. The van der Waals surface area contributed by atoms with Crippen LogP contribution in [0.3, 0.4) is 0 Å². The average molecular weight is 296 g/mol. The van der Waals surface area contributed by atoms with Gasteiger partial charge in [0.15, 0.2) is 0 Å². The van der Waals surface area contributed by atoms with Crippen LogP contribution < -0.4 is 10.1 Å². The summed E-state index contributed by atoms with van der Waals surface area (Å²) in [6.45, 7) is 4.88. The summed E-state index contributed by atoms with van der Waals surface area (Å²) in [5, 5.41) is 10.1. The second-order valence-corrected chi connectivity index (χ2v) is 5.35. The van der Waals surface area contributed by atoms with Crippen molar-refractivity contribution < 1.29 is 4.74 Å². The van der Waals surface area contributed by atoms with Gasteiger partial charge in [-0.3, -0.25) is 4.68 Å². The van der Waals surface area contributed by atoms with Crippen LogP contribution in [0.1, 0.15) is 17.0 Å². The van der Waals surface area contributed by atoms with Crippen molar-refractivity contribution in [1.82, 2.24) is 14.8 Å². The molecule has 0 unspecified atom stereocenters. The van der Waals surface area contributed by atoms with Gasteiger partial charge in [0.05, 0.1) is 12.8 Å². The molecule has 0 amide bonds. The average Bonchev–Trinajstić information content (AvgIpc) is 2.77. The zero-order chi connectivity index (χ0) is 15.7. The van der Waals surface area contributed by atoms with E-state index >= 15 is 0 Å². The van der Waals surface area contributed by atoms with Gasteiger partial charge in [0.1, 0.15) is 0 Å². The third-order valence-corrected chi connectivity index (χ3v) is 4.08. The van der Waals surface area contributed by atoms with Gasteiger partial charge in [-0.15, -0.1) is 0 Å². The molecule has 0 aliphatic rings. The molecular formula is C17H20N4O. The minimum absolute atomic E-state index is 0.648. The number of rotatable bonds is 4. The SMILES string of the molecule is COc1nccc2c(NCc3c(C)nn(C)c3C)cccc12. The quantitative estimate of drug-likeness (QED) is 0.803. The van der Waals surface area contributed by atoms with Crippen molar-refractivity contribution in [2.45, 2.75) is 20.4 Å². The van der Waals surface area contributed by atoms with Crippen molar-refractivity contribution in [2.24, 2.45) is 7.05 Å². The summed E-state index contributed by atoms with van der Waals surface area (Å²) in [7, 11) is 3.62. The van der Waals surface area contributed by atoms with Gasteiger partial charge in [-0.25, -0.2) is 4.98 Å². The highest BCUT2D eigenvalue weighted by Crippen LogP contribution is 2.29. The second-order valence-electron chi connectivity index (χ2n) is 5.35. The van der Waals surface area contributed by atoms with E-state index in [0.29, 0.717) is 5.88 Å². The Balaban J connectivity index is 1.94. The van der Waals surface area contributed by atoms with Gasteiger partial charge in [-0.2, -0.15) is 5.10 Å². The lowest BCUT2D eigenvalue weighted by atomic mass is 10.1. The maximum absolute atomic E-state index is 5.33. The van der Waals surface area contributed by atoms with Crippen molar-refractivity contribution in [1.29, 1.82) is 0 Å². The van der Waals surface area contributed by atoms with Crippen LogP contribution in [0.2, 0.25) is 0 Å². The predicted molar refractivity (Wildman–Crippen MR) is 88.3 cm³/mol. The lowest BCUT2D eigenvalue weighted by Gasteiger charge is -2.11. The van der Waals surface area contributed by atoms with E-state index in [1.165, 1.54) is 11.3 Å². The smallest absolute Gasteiger partial charge is 0.221 e. The Morgan fingerprint density at radius 1 is 1.18 bits per heavy atom. The highest BCUT2D eigenvalue weighted by molar-refractivity contribution is 5.96. The Morgan fingerprint density at radius 3 is 2.68 bits per heavy atom. The van der Waals surface area contributed by atoms with E-state index in [0.717, 1.165) is 28.7 Å². The van der Waals surface area contributed by atoms with Gasteiger partial charge in [-0.05, 0) is 32.0 Å². The molecule has 114 valence electrons. The number of benzene rings is 1. The van der Waals surface area contributed by atoms with E-state index in [9.17, 15) is 0 Å². The maximum atomic E-state index is 5.33. The van der Waals surface area contributed by atoms with E-state index in [1.807, 2.05) is 36.9 Å². The standard InChI is InChI=1S/C17H20N4O/c1-11-15(12(2)21(3)20-11)10-19-16-7-5-6-14-13(16)8-9-18-17(14)22-4/h5-9,19H,10H2,1-4H3.